The molecule has 1 N–H and O–H groups in total. The maximum atomic E-state index is 11.1. The first-order valence-corrected chi connectivity index (χ1v) is 6.60. The summed E-state index contributed by atoms with van der Waals surface area (Å²) in [6.45, 7) is 1.88. The molecule has 1 aromatic carbocycles. The van der Waals surface area contributed by atoms with Crippen LogP contribution in [0.2, 0.25) is 0 Å². The molecule has 0 aliphatic rings. The Hall–Kier alpha value is -2.28. The van der Waals surface area contributed by atoms with Crippen LogP contribution in [-0.4, -0.2) is 31.1 Å². The minimum absolute atomic E-state index is 0.00639. The van der Waals surface area contributed by atoms with Crippen molar-refractivity contribution in [3.05, 3.63) is 35.1 Å². The number of carboxylic acid groups (broad SMARTS) is 1. The SMILES string of the molecule is CCc1c(C(=O)O)nnn1-c1ccc2ncsc2c1. The Kier molecular flexibility index (Phi) is 2.75. The molecule has 96 valence electrons. The van der Waals surface area contributed by atoms with Crippen molar-refractivity contribution in [2.24, 2.45) is 0 Å². The van der Waals surface area contributed by atoms with E-state index in [0.29, 0.717) is 12.1 Å². The van der Waals surface area contributed by atoms with Crippen LogP contribution in [0.1, 0.15) is 23.1 Å². The fourth-order valence-electron chi connectivity index (χ4n) is 1.97. The Labute approximate surface area is 112 Å². The number of carboxylic acids is 1. The number of hydrogen-bond donors (Lipinski definition) is 1. The van der Waals surface area contributed by atoms with Gasteiger partial charge in [0.15, 0.2) is 5.69 Å². The molecular weight excluding hydrogens is 264 g/mol. The van der Waals surface area contributed by atoms with Gasteiger partial charge in [-0.15, -0.1) is 16.4 Å². The summed E-state index contributed by atoms with van der Waals surface area (Å²) in [6, 6.07) is 5.69. The standard InChI is InChI=1S/C12H10N4O2S/c1-2-9-11(12(17)18)14-15-16(9)7-3-4-8-10(5-7)19-6-13-8/h3-6H,2H2,1H3,(H,17,18). The molecule has 0 unspecified atom stereocenters. The van der Waals surface area contributed by atoms with Crippen LogP contribution in [0.3, 0.4) is 0 Å². The minimum Gasteiger partial charge on any atom is -0.476 e. The van der Waals surface area contributed by atoms with Crippen molar-refractivity contribution < 1.29 is 9.90 Å². The first kappa shape index (κ1) is 11.8. The molecule has 0 spiro atoms. The predicted octanol–water partition coefficient (Wildman–Crippen LogP) is 2.14. The van der Waals surface area contributed by atoms with Gasteiger partial charge in [-0.1, -0.05) is 12.1 Å². The number of benzene rings is 1. The zero-order valence-corrected chi connectivity index (χ0v) is 10.9. The lowest BCUT2D eigenvalue weighted by Crippen LogP contribution is -2.05. The quantitative estimate of drug-likeness (QED) is 0.791. The average molecular weight is 274 g/mol. The lowest BCUT2D eigenvalue weighted by molar-refractivity contribution is 0.0689. The van der Waals surface area contributed by atoms with Gasteiger partial charge in [-0.05, 0) is 24.6 Å². The first-order chi connectivity index (χ1) is 9.20. The molecule has 0 radical (unpaired) electrons. The molecule has 0 saturated heterocycles. The van der Waals surface area contributed by atoms with Crippen molar-refractivity contribution in [2.45, 2.75) is 13.3 Å². The van der Waals surface area contributed by atoms with Gasteiger partial charge >= 0.3 is 5.97 Å². The third kappa shape index (κ3) is 1.88. The largest absolute Gasteiger partial charge is 0.476 e. The van der Waals surface area contributed by atoms with Crippen molar-refractivity contribution in [1.29, 1.82) is 0 Å². The van der Waals surface area contributed by atoms with E-state index in [1.165, 1.54) is 11.3 Å². The Bertz CT molecular complexity index is 762. The molecular formula is C12H10N4O2S. The van der Waals surface area contributed by atoms with Crippen LogP contribution in [-0.2, 0) is 6.42 Å². The molecule has 6 nitrogen and oxygen atoms in total. The number of fused-ring (bicyclic) bond motifs is 1. The van der Waals surface area contributed by atoms with Crippen LogP contribution in [0.15, 0.2) is 23.7 Å². The highest BCUT2D eigenvalue weighted by molar-refractivity contribution is 7.16. The summed E-state index contributed by atoms with van der Waals surface area (Å²) in [5, 5.41) is 16.7. The van der Waals surface area contributed by atoms with Gasteiger partial charge in [-0.25, -0.2) is 14.5 Å². The number of hydrogen-bond acceptors (Lipinski definition) is 5. The first-order valence-electron chi connectivity index (χ1n) is 5.72. The van der Waals surface area contributed by atoms with E-state index < -0.39 is 5.97 Å². The summed E-state index contributed by atoms with van der Waals surface area (Å²) in [5.74, 6) is -1.05. The number of aromatic carboxylic acids is 1. The summed E-state index contributed by atoms with van der Waals surface area (Å²) in [4.78, 5) is 15.3. The molecule has 0 aliphatic heterocycles. The number of aromatic nitrogens is 4. The smallest absolute Gasteiger partial charge is 0.358 e. The third-order valence-corrected chi connectivity index (χ3v) is 3.65. The molecule has 2 aromatic heterocycles. The zero-order chi connectivity index (χ0) is 13.4. The maximum Gasteiger partial charge on any atom is 0.358 e. The Balaban J connectivity index is 2.17. The van der Waals surface area contributed by atoms with E-state index in [1.54, 1.807) is 10.2 Å². The second-order valence-electron chi connectivity index (χ2n) is 3.96. The summed E-state index contributed by atoms with van der Waals surface area (Å²) >= 11 is 1.53. The van der Waals surface area contributed by atoms with Gasteiger partial charge in [-0.3, -0.25) is 0 Å². The van der Waals surface area contributed by atoms with E-state index in [2.05, 4.69) is 15.3 Å². The van der Waals surface area contributed by atoms with Gasteiger partial charge < -0.3 is 5.11 Å². The molecule has 0 aliphatic carbocycles. The van der Waals surface area contributed by atoms with E-state index in [4.69, 9.17) is 5.11 Å². The molecule has 0 saturated carbocycles. The van der Waals surface area contributed by atoms with E-state index in [0.717, 1.165) is 15.9 Å². The van der Waals surface area contributed by atoms with Crippen LogP contribution in [0.5, 0.6) is 0 Å². The fourth-order valence-corrected chi connectivity index (χ4v) is 2.68. The summed E-state index contributed by atoms with van der Waals surface area (Å²) in [6.07, 6.45) is 0.551. The summed E-state index contributed by atoms with van der Waals surface area (Å²) in [5.41, 5.74) is 4.10. The summed E-state index contributed by atoms with van der Waals surface area (Å²) in [7, 11) is 0. The average Bonchev–Trinajstić information content (AvgIpc) is 3.03. The van der Waals surface area contributed by atoms with Crippen LogP contribution in [0, 0.1) is 0 Å². The monoisotopic (exact) mass is 274 g/mol. The molecule has 0 bridgehead atoms. The number of thiazole rings is 1. The zero-order valence-electron chi connectivity index (χ0n) is 10.1. The molecule has 2 heterocycles. The normalized spacial score (nSPS) is 11.0. The highest BCUT2D eigenvalue weighted by Crippen LogP contribution is 2.22. The van der Waals surface area contributed by atoms with Gasteiger partial charge in [0, 0.05) is 0 Å². The molecule has 3 rings (SSSR count). The van der Waals surface area contributed by atoms with Crippen molar-refractivity contribution in [3.63, 3.8) is 0 Å². The second kappa shape index (κ2) is 4.43. The lowest BCUT2D eigenvalue weighted by Gasteiger charge is -2.04. The van der Waals surface area contributed by atoms with Crippen molar-refractivity contribution in [2.75, 3.05) is 0 Å². The van der Waals surface area contributed by atoms with Gasteiger partial charge in [0.1, 0.15) is 0 Å². The predicted molar refractivity (Wildman–Crippen MR) is 70.9 cm³/mol. The van der Waals surface area contributed by atoms with Gasteiger partial charge in [-0.2, -0.15) is 0 Å². The van der Waals surface area contributed by atoms with Crippen molar-refractivity contribution in [1.82, 2.24) is 20.0 Å². The Morgan fingerprint density at radius 1 is 1.47 bits per heavy atom. The van der Waals surface area contributed by atoms with Crippen LogP contribution in [0.4, 0.5) is 0 Å². The van der Waals surface area contributed by atoms with E-state index in [-0.39, 0.29) is 5.69 Å². The van der Waals surface area contributed by atoms with E-state index in [9.17, 15) is 4.79 Å². The highest BCUT2D eigenvalue weighted by atomic mass is 32.1. The minimum atomic E-state index is -1.05. The van der Waals surface area contributed by atoms with E-state index in [1.807, 2.05) is 25.1 Å². The lowest BCUT2D eigenvalue weighted by atomic mass is 10.2. The Morgan fingerprint density at radius 3 is 3.05 bits per heavy atom. The number of rotatable bonds is 3. The van der Waals surface area contributed by atoms with E-state index >= 15 is 0 Å². The molecule has 0 amide bonds. The molecule has 7 heteroatoms. The molecule has 0 fully saturated rings. The van der Waals surface area contributed by atoms with Gasteiger partial charge in [0.25, 0.3) is 0 Å². The van der Waals surface area contributed by atoms with Crippen LogP contribution < -0.4 is 0 Å². The van der Waals surface area contributed by atoms with Crippen molar-refractivity contribution >= 4 is 27.5 Å². The van der Waals surface area contributed by atoms with Gasteiger partial charge in [0.2, 0.25) is 0 Å². The number of nitrogens with zero attached hydrogens (tertiary/aromatic N) is 4. The van der Waals surface area contributed by atoms with Crippen LogP contribution >= 0.6 is 11.3 Å². The molecule has 0 atom stereocenters. The van der Waals surface area contributed by atoms with Crippen molar-refractivity contribution in [3.8, 4) is 5.69 Å². The Morgan fingerprint density at radius 2 is 2.32 bits per heavy atom. The third-order valence-electron chi connectivity index (χ3n) is 2.86. The second-order valence-corrected chi connectivity index (χ2v) is 4.85. The van der Waals surface area contributed by atoms with Gasteiger partial charge in [0.05, 0.1) is 27.1 Å². The van der Waals surface area contributed by atoms with Crippen LogP contribution in [0.25, 0.3) is 15.9 Å². The fraction of sp³-hybridized carbons (Fsp3) is 0.167. The maximum absolute atomic E-state index is 11.1. The summed E-state index contributed by atoms with van der Waals surface area (Å²) < 4.78 is 2.61. The molecule has 19 heavy (non-hydrogen) atoms. The highest BCUT2D eigenvalue weighted by Gasteiger charge is 2.18. The number of carbonyl (C=O) groups is 1. The topological polar surface area (TPSA) is 80.9 Å². The molecule has 3 aromatic rings.